The summed E-state index contributed by atoms with van der Waals surface area (Å²) in [6.07, 6.45) is 1.48. The molecule has 2 N–H and O–H groups in total. The van der Waals surface area contributed by atoms with Crippen molar-refractivity contribution in [1.82, 2.24) is 10.6 Å². The summed E-state index contributed by atoms with van der Waals surface area (Å²) in [5.41, 5.74) is 3.96. The van der Waals surface area contributed by atoms with Crippen molar-refractivity contribution in [2.45, 2.75) is 27.4 Å². The minimum Gasteiger partial charge on any atom is -0.490 e. The molecule has 156 valence electrons. The maximum Gasteiger partial charge on any atom is 0.263 e. The molecule has 0 aromatic heterocycles. The molecule has 0 bridgehead atoms. The van der Waals surface area contributed by atoms with Crippen LogP contribution in [0.3, 0.4) is 0 Å². The molecule has 30 heavy (non-hydrogen) atoms. The average Bonchev–Trinajstić information content (AvgIpc) is 2.63. The molecule has 0 aliphatic carbocycles. The number of carbonyl (C=O) groups excluding carboxylic acids is 2. The predicted molar refractivity (Wildman–Crippen MR) is 122 cm³/mol. The molecule has 0 atom stereocenters. The van der Waals surface area contributed by atoms with Crippen LogP contribution in [0.5, 0.6) is 11.5 Å². The van der Waals surface area contributed by atoms with E-state index >= 15 is 0 Å². The highest BCUT2D eigenvalue weighted by Crippen LogP contribution is 2.38. The Labute approximate surface area is 188 Å². The molecule has 3 rings (SSSR count). The summed E-state index contributed by atoms with van der Waals surface area (Å²) in [5.74, 6) is -0.0342. The summed E-state index contributed by atoms with van der Waals surface area (Å²) in [4.78, 5) is 24.2. The zero-order chi connectivity index (χ0) is 21.8. The molecule has 0 radical (unpaired) electrons. The van der Waals surface area contributed by atoms with Gasteiger partial charge < -0.3 is 9.47 Å². The molecule has 0 unspecified atom stereocenters. The number of carbonyl (C=O) groups is 2. The van der Waals surface area contributed by atoms with Crippen molar-refractivity contribution < 1.29 is 19.1 Å². The fraction of sp³-hybridized carbons (Fsp3) is 0.227. The molecule has 1 fully saturated rings. The third-order valence-corrected chi connectivity index (χ3v) is 5.04. The van der Waals surface area contributed by atoms with Crippen LogP contribution >= 0.6 is 28.1 Å². The third-order valence-electron chi connectivity index (χ3n) is 4.25. The van der Waals surface area contributed by atoms with E-state index < -0.39 is 11.8 Å². The number of halogens is 1. The second kappa shape index (κ2) is 9.40. The second-order valence-corrected chi connectivity index (χ2v) is 8.11. The van der Waals surface area contributed by atoms with E-state index in [1.165, 1.54) is 17.2 Å². The highest BCUT2D eigenvalue weighted by molar-refractivity contribution is 9.10. The van der Waals surface area contributed by atoms with Gasteiger partial charge in [0.05, 0.1) is 11.1 Å². The largest absolute Gasteiger partial charge is 0.490 e. The van der Waals surface area contributed by atoms with Crippen LogP contribution < -0.4 is 20.1 Å². The van der Waals surface area contributed by atoms with Crippen LogP contribution in [0.15, 0.2) is 40.4 Å². The molecule has 1 aliphatic rings. The van der Waals surface area contributed by atoms with E-state index in [9.17, 15) is 9.59 Å². The minimum absolute atomic E-state index is 0.00605. The van der Waals surface area contributed by atoms with Crippen LogP contribution in [0.4, 0.5) is 0 Å². The molecule has 0 spiro atoms. The van der Waals surface area contributed by atoms with Gasteiger partial charge in [-0.25, -0.2) is 0 Å². The summed E-state index contributed by atoms with van der Waals surface area (Å²) in [7, 11) is 0. The first-order chi connectivity index (χ1) is 14.3. The monoisotopic (exact) mass is 488 g/mol. The van der Waals surface area contributed by atoms with Gasteiger partial charge in [-0.1, -0.05) is 29.3 Å². The van der Waals surface area contributed by atoms with Gasteiger partial charge in [-0.2, -0.15) is 0 Å². The summed E-state index contributed by atoms with van der Waals surface area (Å²) in [6.45, 7) is 6.77. The topological polar surface area (TPSA) is 76.7 Å². The number of benzene rings is 2. The van der Waals surface area contributed by atoms with Gasteiger partial charge >= 0.3 is 0 Å². The van der Waals surface area contributed by atoms with Crippen LogP contribution in [0.1, 0.15) is 29.2 Å². The quantitative estimate of drug-likeness (QED) is 0.365. The first-order valence-electron chi connectivity index (χ1n) is 9.31. The number of hydrogen-bond acceptors (Lipinski definition) is 5. The molecular formula is C22H21BrN2O4S. The molecule has 8 heteroatoms. The van der Waals surface area contributed by atoms with E-state index in [2.05, 4.69) is 44.8 Å². The predicted octanol–water partition coefficient (Wildman–Crippen LogP) is 3.96. The molecule has 2 amide bonds. The zero-order valence-electron chi connectivity index (χ0n) is 16.8. The van der Waals surface area contributed by atoms with Crippen molar-refractivity contribution in [2.75, 3.05) is 6.61 Å². The Hall–Kier alpha value is -2.71. The number of hydrogen-bond donors (Lipinski definition) is 2. The Morgan fingerprint density at radius 3 is 2.23 bits per heavy atom. The van der Waals surface area contributed by atoms with E-state index in [1.54, 1.807) is 12.1 Å². The van der Waals surface area contributed by atoms with E-state index in [0.717, 1.165) is 5.56 Å². The van der Waals surface area contributed by atoms with Crippen LogP contribution in [0.2, 0.25) is 0 Å². The molecule has 1 aliphatic heterocycles. The fourth-order valence-electron chi connectivity index (χ4n) is 3.16. The molecule has 6 nitrogen and oxygen atoms in total. The fourth-order valence-corrected chi connectivity index (χ4v) is 3.91. The number of aryl methyl sites for hydroxylation is 2. The number of nitrogens with one attached hydrogen (secondary N) is 2. The summed E-state index contributed by atoms with van der Waals surface area (Å²) in [5, 5.41) is 4.83. The number of rotatable bonds is 6. The maximum absolute atomic E-state index is 12.1. The molecular weight excluding hydrogens is 468 g/mol. The first-order valence-corrected chi connectivity index (χ1v) is 10.5. The molecule has 1 saturated heterocycles. The first kappa shape index (κ1) is 22.0. The SMILES string of the molecule is CCOc1cc(C=C2C(=O)NC(=S)NC2=O)cc(Br)c1OCc1cc(C)cc(C)c1. The smallest absolute Gasteiger partial charge is 0.263 e. The zero-order valence-corrected chi connectivity index (χ0v) is 19.2. The number of thiocarbonyl (C=S) groups is 1. The standard InChI is InChI=1S/C22H21BrN2O4S/c1-4-28-18-10-14(8-16-20(26)24-22(30)25-21(16)27)9-17(23)19(18)29-11-15-6-12(2)5-13(3)7-15/h5-10H,4,11H2,1-3H3,(H2,24,25,26,27,30). The van der Waals surface area contributed by atoms with Gasteiger partial charge in [0.25, 0.3) is 11.8 Å². The molecule has 1 heterocycles. The minimum atomic E-state index is -0.548. The van der Waals surface area contributed by atoms with Crippen LogP contribution in [0.25, 0.3) is 6.08 Å². The third kappa shape index (κ3) is 5.25. The average molecular weight is 489 g/mol. The van der Waals surface area contributed by atoms with Crippen LogP contribution in [0, 0.1) is 13.8 Å². The summed E-state index contributed by atoms with van der Waals surface area (Å²) >= 11 is 8.34. The number of amides is 2. The highest BCUT2D eigenvalue weighted by atomic mass is 79.9. The Morgan fingerprint density at radius 2 is 1.63 bits per heavy atom. The van der Waals surface area contributed by atoms with E-state index in [-0.39, 0.29) is 10.7 Å². The van der Waals surface area contributed by atoms with Gasteiger partial charge in [-0.3, -0.25) is 20.2 Å². The Bertz CT molecular complexity index is 1020. The Morgan fingerprint density at radius 1 is 1.00 bits per heavy atom. The Kier molecular flexibility index (Phi) is 6.89. The summed E-state index contributed by atoms with van der Waals surface area (Å²) < 4.78 is 12.4. The van der Waals surface area contributed by atoms with Gasteiger partial charge in [0.15, 0.2) is 16.6 Å². The van der Waals surface area contributed by atoms with E-state index in [1.807, 2.05) is 20.8 Å². The van der Waals surface area contributed by atoms with Gasteiger partial charge in [-0.15, -0.1) is 0 Å². The van der Waals surface area contributed by atoms with Gasteiger partial charge in [0.1, 0.15) is 12.2 Å². The van der Waals surface area contributed by atoms with Crippen molar-refractivity contribution in [1.29, 1.82) is 0 Å². The lowest BCUT2D eigenvalue weighted by Gasteiger charge is -2.17. The Balaban J connectivity index is 1.90. The highest BCUT2D eigenvalue weighted by Gasteiger charge is 2.26. The normalized spacial score (nSPS) is 13.6. The maximum atomic E-state index is 12.1. The van der Waals surface area contributed by atoms with Crippen molar-refractivity contribution >= 4 is 51.2 Å². The van der Waals surface area contributed by atoms with Crippen LogP contribution in [-0.4, -0.2) is 23.5 Å². The van der Waals surface area contributed by atoms with Gasteiger partial charge in [-0.05, 0) is 78.3 Å². The lowest BCUT2D eigenvalue weighted by molar-refractivity contribution is -0.123. The van der Waals surface area contributed by atoms with Crippen LogP contribution in [-0.2, 0) is 16.2 Å². The van der Waals surface area contributed by atoms with Crippen molar-refractivity contribution in [2.24, 2.45) is 0 Å². The second-order valence-electron chi connectivity index (χ2n) is 6.84. The van der Waals surface area contributed by atoms with Gasteiger partial charge in [0.2, 0.25) is 0 Å². The molecule has 0 saturated carbocycles. The van der Waals surface area contributed by atoms with E-state index in [4.69, 9.17) is 21.7 Å². The van der Waals surface area contributed by atoms with E-state index in [0.29, 0.717) is 34.7 Å². The van der Waals surface area contributed by atoms with Gasteiger partial charge in [0, 0.05) is 0 Å². The molecule has 2 aromatic carbocycles. The van der Waals surface area contributed by atoms with Crippen molar-refractivity contribution in [3.8, 4) is 11.5 Å². The lowest BCUT2D eigenvalue weighted by Crippen LogP contribution is -2.51. The lowest BCUT2D eigenvalue weighted by atomic mass is 10.1. The number of ether oxygens (including phenoxy) is 2. The molecule has 2 aromatic rings. The van der Waals surface area contributed by atoms with Crippen molar-refractivity contribution in [3.63, 3.8) is 0 Å². The van der Waals surface area contributed by atoms with Crippen molar-refractivity contribution in [3.05, 3.63) is 62.6 Å². The summed E-state index contributed by atoms with van der Waals surface area (Å²) in [6, 6.07) is 9.75.